The number of halogens is 1. The van der Waals surface area contributed by atoms with Crippen molar-refractivity contribution in [2.45, 2.75) is 32.1 Å². The Hall–Kier alpha value is -1.75. The van der Waals surface area contributed by atoms with Crippen LogP contribution in [0.25, 0.3) is 5.69 Å². The van der Waals surface area contributed by atoms with E-state index >= 15 is 0 Å². The van der Waals surface area contributed by atoms with Crippen LogP contribution in [-0.2, 0) is 0 Å². The summed E-state index contributed by atoms with van der Waals surface area (Å²) in [5, 5.41) is 7.94. The minimum Gasteiger partial charge on any atom is -0.317 e. The fourth-order valence-corrected chi connectivity index (χ4v) is 3.62. The van der Waals surface area contributed by atoms with Gasteiger partial charge in [0.1, 0.15) is 17.5 Å². The maximum atomic E-state index is 13.1. The van der Waals surface area contributed by atoms with E-state index in [4.69, 9.17) is 0 Å². The van der Waals surface area contributed by atoms with Crippen LogP contribution in [0.1, 0.15) is 36.8 Å². The maximum absolute atomic E-state index is 13.1. The maximum Gasteiger partial charge on any atom is 0.148 e. The smallest absolute Gasteiger partial charge is 0.148 e. The van der Waals surface area contributed by atoms with Gasteiger partial charge >= 0.3 is 0 Å². The zero-order valence-corrected chi connectivity index (χ0v) is 12.1. The molecule has 21 heavy (non-hydrogen) atoms. The first-order valence-corrected chi connectivity index (χ1v) is 7.58. The summed E-state index contributed by atoms with van der Waals surface area (Å²) in [5.41, 5.74) is 1.31. The molecule has 1 unspecified atom stereocenters. The number of hydrogen-bond donors (Lipinski definition) is 1. The summed E-state index contributed by atoms with van der Waals surface area (Å²) >= 11 is 0. The molecule has 1 aromatic heterocycles. The SMILES string of the molecule is Cc1nc(C2CC23CCNCC3)n(-c2ccc(F)cc2)n1. The van der Waals surface area contributed by atoms with Crippen molar-refractivity contribution in [3.05, 3.63) is 41.7 Å². The molecule has 1 atom stereocenters. The number of nitrogens with zero attached hydrogens (tertiary/aromatic N) is 3. The lowest BCUT2D eigenvalue weighted by Crippen LogP contribution is -2.29. The van der Waals surface area contributed by atoms with Gasteiger partial charge in [-0.1, -0.05) is 0 Å². The van der Waals surface area contributed by atoms with Gasteiger partial charge in [0, 0.05) is 5.92 Å². The Morgan fingerprint density at radius 1 is 1.24 bits per heavy atom. The minimum atomic E-state index is -0.224. The molecule has 2 aromatic rings. The molecule has 5 heteroatoms. The van der Waals surface area contributed by atoms with Crippen molar-refractivity contribution in [2.24, 2.45) is 5.41 Å². The van der Waals surface area contributed by atoms with Gasteiger partial charge < -0.3 is 5.32 Å². The van der Waals surface area contributed by atoms with Gasteiger partial charge in [0.15, 0.2) is 0 Å². The van der Waals surface area contributed by atoms with Crippen LogP contribution < -0.4 is 5.32 Å². The normalized spacial score (nSPS) is 23.4. The van der Waals surface area contributed by atoms with E-state index in [0.717, 1.165) is 30.4 Å². The summed E-state index contributed by atoms with van der Waals surface area (Å²) in [6.07, 6.45) is 3.63. The predicted molar refractivity (Wildman–Crippen MR) is 77.9 cm³/mol. The topological polar surface area (TPSA) is 42.7 Å². The third-order valence-corrected chi connectivity index (χ3v) is 4.91. The Bertz CT molecular complexity index is 655. The molecule has 0 radical (unpaired) electrons. The Labute approximate surface area is 123 Å². The second kappa shape index (κ2) is 4.63. The number of benzene rings is 1. The molecule has 1 spiro atoms. The highest BCUT2D eigenvalue weighted by Gasteiger charge is 2.56. The van der Waals surface area contributed by atoms with Crippen LogP contribution in [0.4, 0.5) is 4.39 Å². The van der Waals surface area contributed by atoms with Crippen molar-refractivity contribution in [2.75, 3.05) is 13.1 Å². The molecule has 1 aliphatic heterocycles. The zero-order chi connectivity index (χ0) is 14.4. The van der Waals surface area contributed by atoms with Gasteiger partial charge in [0.2, 0.25) is 0 Å². The van der Waals surface area contributed by atoms with Gasteiger partial charge in [-0.25, -0.2) is 14.1 Å². The number of aryl methyl sites for hydroxylation is 1. The summed E-state index contributed by atoms with van der Waals surface area (Å²) in [4.78, 5) is 4.66. The third kappa shape index (κ3) is 2.16. The van der Waals surface area contributed by atoms with Gasteiger partial charge in [0.25, 0.3) is 0 Å². The first-order valence-electron chi connectivity index (χ1n) is 7.58. The van der Waals surface area contributed by atoms with E-state index in [0.29, 0.717) is 11.3 Å². The average molecular weight is 286 g/mol. The fourth-order valence-electron chi connectivity index (χ4n) is 3.62. The van der Waals surface area contributed by atoms with Crippen molar-refractivity contribution in [3.8, 4) is 5.69 Å². The van der Waals surface area contributed by atoms with Crippen LogP contribution in [0, 0.1) is 18.2 Å². The van der Waals surface area contributed by atoms with Crippen molar-refractivity contribution in [3.63, 3.8) is 0 Å². The summed E-state index contributed by atoms with van der Waals surface area (Å²) in [6.45, 7) is 4.11. The number of piperidine rings is 1. The van der Waals surface area contributed by atoms with Gasteiger partial charge in [-0.15, -0.1) is 0 Å². The molecule has 1 aromatic carbocycles. The van der Waals surface area contributed by atoms with Crippen LogP contribution in [0.2, 0.25) is 0 Å². The molecule has 1 N–H and O–H groups in total. The van der Waals surface area contributed by atoms with Crippen molar-refractivity contribution >= 4 is 0 Å². The second-order valence-electron chi connectivity index (χ2n) is 6.27. The molecule has 1 aliphatic carbocycles. The molecular formula is C16H19FN4. The van der Waals surface area contributed by atoms with E-state index < -0.39 is 0 Å². The molecule has 4 rings (SSSR count). The lowest BCUT2D eigenvalue weighted by molar-refractivity contribution is 0.339. The third-order valence-electron chi connectivity index (χ3n) is 4.91. The van der Waals surface area contributed by atoms with E-state index in [2.05, 4.69) is 15.4 Å². The molecule has 4 nitrogen and oxygen atoms in total. The Balaban J connectivity index is 1.69. The lowest BCUT2D eigenvalue weighted by atomic mass is 9.92. The van der Waals surface area contributed by atoms with Crippen LogP contribution in [-0.4, -0.2) is 27.9 Å². The van der Waals surface area contributed by atoms with Gasteiger partial charge in [-0.3, -0.25) is 0 Å². The summed E-state index contributed by atoms with van der Waals surface area (Å²) in [7, 11) is 0. The number of aromatic nitrogens is 3. The molecule has 0 bridgehead atoms. The van der Waals surface area contributed by atoms with E-state index in [1.807, 2.05) is 11.6 Å². The number of rotatable bonds is 2. The highest BCUT2D eigenvalue weighted by molar-refractivity contribution is 5.34. The molecule has 110 valence electrons. The first-order chi connectivity index (χ1) is 10.2. The number of nitrogens with one attached hydrogen (secondary N) is 1. The lowest BCUT2D eigenvalue weighted by Gasteiger charge is -2.23. The van der Waals surface area contributed by atoms with E-state index in [-0.39, 0.29) is 5.82 Å². The van der Waals surface area contributed by atoms with Crippen molar-refractivity contribution < 1.29 is 4.39 Å². The van der Waals surface area contributed by atoms with Crippen LogP contribution in [0.15, 0.2) is 24.3 Å². The Morgan fingerprint density at radius 2 is 1.95 bits per heavy atom. The molecule has 1 saturated heterocycles. The van der Waals surface area contributed by atoms with Gasteiger partial charge in [-0.05, 0) is 69.0 Å². The number of hydrogen-bond acceptors (Lipinski definition) is 3. The molecule has 2 aliphatic rings. The van der Waals surface area contributed by atoms with E-state index in [9.17, 15) is 4.39 Å². The zero-order valence-electron chi connectivity index (χ0n) is 12.1. The second-order valence-corrected chi connectivity index (χ2v) is 6.27. The summed E-state index contributed by atoms with van der Waals surface area (Å²) in [5.74, 6) is 2.09. The molecule has 0 amide bonds. The summed E-state index contributed by atoms with van der Waals surface area (Å²) < 4.78 is 15.0. The van der Waals surface area contributed by atoms with Gasteiger partial charge in [0.05, 0.1) is 5.69 Å². The fraction of sp³-hybridized carbons (Fsp3) is 0.500. The first kappa shape index (κ1) is 13.0. The van der Waals surface area contributed by atoms with E-state index in [1.54, 1.807) is 12.1 Å². The van der Waals surface area contributed by atoms with Crippen LogP contribution >= 0.6 is 0 Å². The minimum absolute atomic E-state index is 0.224. The average Bonchev–Trinajstić information content (AvgIpc) is 3.02. The monoisotopic (exact) mass is 286 g/mol. The van der Waals surface area contributed by atoms with Crippen molar-refractivity contribution in [1.82, 2.24) is 20.1 Å². The largest absolute Gasteiger partial charge is 0.317 e. The predicted octanol–water partition coefficient (Wildman–Crippen LogP) is 2.57. The highest BCUT2D eigenvalue weighted by Crippen LogP contribution is 2.63. The molecule has 2 heterocycles. The molecule has 2 fully saturated rings. The van der Waals surface area contributed by atoms with E-state index in [1.165, 1.54) is 31.4 Å². The Morgan fingerprint density at radius 3 is 2.67 bits per heavy atom. The standard InChI is InChI=1S/C16H19FN4/c1-11-19-15(14-10-16(14)6-8-18-9-7-16)21(20-11)13-4-2-12(17)3-5-13/h2-5,14,18H,6-10H2,1H3. The molecule has 1 saturated carbocycles. The molecular weight excluding hydrogens is 267 g/mol. The van der Waals surface area contributed by atoms with Crippen molar-refractivity contribution in [1.29, 1.82) is 0 Å². The van der Waals surface area contributed by atoms with Gasteiger partial charge in [-0.2, -0.15) is 5.10 Å². The Kier molecular flexibility index (Phi) is 2.85. The highest BCUT2D eigenvalue weighted by atomic mass is 19.1. The van der Waals surface area contributed by atoms with Crippen LogP contribution in [0.3, 0.4) is 0 Å². The quantitative estimate of drug-likeness (QED) is 0.922. The summed E-state index contributed by atoms with van der Waals surface area (Å²) in [6, 6.07) is 6.49. The van der Waals surface area contributed by atoms with Crippen LogP contribution in [0.5, 0.6) is 0 Å².